The molecule has 0 aromatic heterocycles. The van der Waals surface area contributed by atoms with E-state index in [2.05, 4.69) is 54.5 Å². The molecule has 0 aliphatic carbocycles. The van der Waals surface area contributed by atoms with Crippen LogP contribution < -0.4 is 5.32 Å². The molecular weight excluding hydrogens is 208 g/mol. The van der Waals surface area contributed by atoms with Crippen LogP contribution in [0.25, 0.3) is 0 Å². The molecule has 2 rings (SSSR count). The molecule has 0 radical (unpaired) electrons. The maximum atomic E-state index is 3.49. The van der Waals surface area contributed by atoms with Crippen LogP contribution in [-0.4, -0.2) is 37.6 Å². The molecule has 2 nitrogen and oxygen atoms in total. The summed E-state index contributed by atoms with van der Waals surface area (Å²) >= 11 is 0. The number of nitrogens with zero attached hydrogens (tertiary/aromatic N) is 1. The average molecular weight is 232 g/mol. The predicted octanol–water partition coefficient (Wildman–Crippen LogP) is 2.47. The molecule has 2 atom stereocenters. The monoisotopic (exact) mass is 232 g/mol. The van der Waals surface area contributed by atoms with Gasteiger partial charge in [-0.3, -0.25) is 0 Å². The fraction of sp³-hybridized carbons (Fsp3) is 0.600. The SMILES string of the molecule is CC(CN(C)C1CCCNC1)c1ccccc1. The van der Waals surface area contributed by atoms with Crippen LogP contribution in [0.5, 0.6) is 0 Å². The van der Waals surface area contributed by atoms with Gasteiger partial charge in [0.25, 0.3) is 0 Å². The molecule has 2 heteroatoms. The minimum Gasteiger partial charge on any atom is -0.315 e. The van der Waals surface area contributed by atoms with Crippen LogP contribution in [0.4, 0.5) is 0 Å². The second-order valence-corrected chi connectivity index (χ2v) is 5.25. The quantitative estimate of drug-likeness (QED) is 0.858. The van der Waals surface area contributed by atoms with Gasteiger partial charge < -0.3 is 10.2 Å². The first-order valence-electron chi connectivity index (χ1n) is 6.73. The first-order valence-corrected chi connectivity index (χ1v) is 6.73. The third-order valence-corrected chi connectivity index (χ3v) is 3.82. The average Bonchev–Trinajstić information content (AvgIpc) is 2.40. The van der Waals surface area contributed by atoms with E-state index in [4.69, 9.17) is 0 Å². The molecule has 1 aliphatic heterocycles. The standard InChI is InChI=1S/C15H24N2/c1-13(14-7-4-3-5-8-14)12-17(2)15-9-6-10-16-11-15/h3-5,7-8,13,15-16H,6,9-12H2,1-2H3. The molecule has 1 N–H and O–H groups in total. The largest absolute Gasteiger partial charge is 0.315 e. The zero-order valence-electron chi connectivity index (χ0n) is 11.0. The molecule has 0 saturated carbocycles. The molecule has 94 valence electrons. The summed E-state index contributed by atoms with van der Waals surface area (Å²) in [7, 11) is 2.26. The van der Waals surface area contributed by atoms with Gasteiger partial charge in [-0.2, -0.15) is 0 Å². The molecule has 0 bridgehead atoms. The number of hydrogen-bond donors (Lipinski definition) is 1. The van der Waals surface area contributed by atoms with Gasteiger partial charge in [0.1, 0.15) is 0 Å². The van der Waals surface area contributed by atoms with Crippen LogP contribution in [0.3, 0.4) is 0 Å². The van der Waals surface area contributed by atoms with E-state index in [1.54, 1.807) is 0 Å². The molecule has 1 heterocycles. The van der Waals surface area contributed by atoms with Crippen molar-refractivity contribution < 1.29 is 0 Å². The van der Waals surface area contributed by atoms with Crippen molar-refractivity contribution in [3.63, 3.8) is 0 Å². The summed E-state index contributed by atoms with van der Waals surface area (Å²) in [5, 5.41) is 3.49. The van der Waals surface area contributed by atoms with Gasteiger partial charge in [-0.15, -0.1) is 0 Å². The lowest BCUT2D eigenvalue weighted by Crippen LogP contribution is -2.45. The molecule has 0 amide bonds. The van der Waals surface area contributed by atoms with Gasteiger partial charge in [0.15, 0.2) is 0 Å². The highest BCUT2D eigenvalue weighted by molar-refractivity contribution is 5.19. The summed E-state index contributed by atoms with van der Waals surface area (Å²) < 4.78 is 0. The highest BCUT2D eigenvalue weighted by Gasteiger charge is 2.19. The summed E-state index contributed by atoms with van der Waals surface area (Å²) in [6.07, 6.45) is 2.65. The maximum Gasteiger partial charge on any atom is 0.0218 e. The van der Waals surface area contributed by atoms with Crippen molar-refractivity contribution in [1.29, 1.82) is 0 Å². The molecule has 1 fully saturated rings. The Labute approximate surface area is 105 Å². The minimum atomic E-state index is 0.614. The Morgan fingerprint density at radius 3 is 2.76 bits per heavy atom. The lowest BCUT2D eigenvalue weighted by molar-refractivity contribution is 0.195. The topological polar surface area (TPSA) is 15.3 Å². The normalized spacial score (nSPS) is 22.6. The second-order valence-electron chi connectivity index (χ2n) is 5.25. The lowest BCUT2D eigenvalue weighted by atomic mass is 9.99. The fourth-order valence-corrected chi connectivity index (χ4v) is 2.68. The molecule has 1 aromatic carbocycles. The molecular formula is C15H24N2. The first kappa shape index (κ1) is 12.6. The van der Waals surface area contributed by atoms with Gasteiger partial charge in [0.2, 0.25) is 0 Å². The Morgan fingerprint density at radius 2 is 2.12 bits per heavy atom. The van der Waals surface area contributed by atoms with E-state index in [0.29, 0.717) is 5.92 Å². The predicted molar refractivity (Wildman–Crippen MR) is 73.4 cm³/mol. The van der Waals surface area contributed by atoms with E-state index >= 15 is 0 Å². The van der Waals surface area contributed by atoms with E-state index in [9.17, 15) is 0 Å². The highest BCUT2D eigenvalue weighted by atomic mass is 15.2. The van der Waals surface area contributed by atoms with Crippen molar-refractivity contribution in [3.8, 4) is 0 Å². The van der Waals surface area contributed by atoms with E-state index in [1.165, 1.54) is 24.9 Å². The van der Waals surface area contributed by atoms with Crippen molar-refractivity contribution in [2.24, 2.45) is 0 Å². The van der Waals surface area contributed by atoms with Gasteiger partial charge in [0.05, 0.1) is 0 Å². The third-order valence-electron chi connectivity index (χ3n) is 3.82. The summed E-state index contributed by atoms with van der Waals surface area (Å²) in [4.78, 5) is 2.52. The second kappa shape index (κ2) is 6.18. The Kier molecular flexibility index (Phi) is 4.57. The molecule has 17 heavy (non-hydrogen) atoms. The molecule has 1 saturated heterocycles. The van der Waals surface area contributed by atoms with Gasteiger partial charge in [-0.05, 0) is 37.9 Å². The van der Waals surface area contributed by atoms with Crippen LogP contribution >= 0.6 is 0 Å². The van der Waals surface area contributed by atoms with Crippen molar-refractivity contribution in [3.05, 3.63) is 35.9 Å². The van der Waals surface area contributed by atoms with Gasteiger partial charge in [-0.1, -0.05) is 37.3 Å². The Morgan fingerprint density at radius 1 is 1.35 bits per heavy atom. The number of nitrogens with one attached hydrogen (secondary N) is 1. The van der Waals surface area contributed by atoms with Crippen LogP contribution in [0, 0.1) is 0 Å². The zero-order valence-corrected chi connectivity index (χ0v) is 11.0. The van der Waals surface area contributed by atoms with Crippen molar-refractivity contribution in [2.75, 3.05) is 26.7 Å². The van der Waals surface area contributed by atoms with E-state index in [-0.39, 0.29) is 0 Å². The molecule has 2 unspecified atom stereocenters. The molecule has 1 aromatic rings. The Bertz CT molecular complexity index is 317. The van der Waals surface area contributed by atoms with Crippen LogP contribution in [0.15, 0.2) is 30.3 Å². The van der Waals surface area contributed by atoms with Crippen LogP contribution in [0.1, 0.15) is 31.2 Å². The van der Waals surface area contributed by atoms with Crippen molar-refractivity contribution in [1.82, 2.24) is 10.2 Å². The van der Waals surface area contributed by atoms with Crippen LogP contribution in [0.2, 0.25) is 0 Å². The summed E-state index contributed by atoms with van der Waals surface area (Å²) in [5.74, 6) is 0.614. The number of rotatable bonds is 4. The maximum absolute atomic E-state index is 3.49. The summed E-state index contributed by atoms with van der Waals surface area (Å²) in [5.41, 5.74) is 1.45. The van der Waals surface area contributed by atoms with Gasteiger partial charge in [-0.25, -0.2) is 0 Å². The lowest BCUT2D eigenvalue weighted by Gasteiger charge is -2.33. The minimum absolute atomic E-state index is 0.614. The first-order chi connectivity index (χ1) is 8.27. The molecule has 1 aliphatic rings. The van der Waals surface area contributed by atoms with E-state index in [0.717, 1.165) is 19.1 Å². The highest BCUT2D eigenvalue weighted by Crippen LogP contribution is 2.18. The van der Waals surface area contributed by atoms with Crippen LogP contribution in [-0.2, 0) is 0 Å². The number of piperidine rings is 1. The zero-order chi connectivity index (χ0) is 12.1. The number of likely N-dealkylation sites (N-methyl/N-ethyl adjacent to an activating group) is 1. The molecule has 0 spiro atoms. The van der Waals surface area contributed by atoms with Crippen molar-refractivity contribution in [2.45, 2.75) is 31.7 Å². The number of hydrogen-bond acceptors (Lipinski definition) is 2. The van der Waals surface area contributed by atoms with Gasteiger partial charge >= 0.3 is 0 Å². The number of benzene rings is 1. The summed E-state index contributed by atoms with van der Waals surface area (Å²) in [6.45, 7) is 5.81. The Balaban J connectivity index is 1.87. The third kappa shape index (κ3) is 3.55. The van der Waals surface area contributed by atoms with E-state index < -0.39 is 0 Å². The van der Waals surface area contributed by atoms with E-state index in [1.807, 2.05) is 0 Å². The van der Waals surface area contributed by atoms with Gasteiger partial charge in [0, 0.05) is 19.1 Å². The smallest absolute Gasteiger partial charge is 0.0218 e. The van der Waals surface area contributed by atoms with Crippen molar-refractivity contribution >= 4 is 0 Å². The Hall–Kier alpha value is -0.860. The fourth-order valence-electron chi connectivity index (χ4n) is 2.68. The summed E-state index contributed by atoms with van der Waals surface area (Å²) in [6, 6.07) is 11.5.